The van der Waals surface area contributed by atoms with E-state index in [1.165, 1.54) is 0 Å². The highest BCUT2D eigenvalue weighted by Gasteiger charge is 2.12. The molecule has 1 aromatic rings. The zero-order valence-corrected chi connectivity index (χ0v) is 11.2. The van der Waals surface area contributed by atoms with Gasteiger partial charge in [0.25, 0.3) is 5.69 Å². The lowest BCUT2D eigenvalue weighted by Gasteiger charge is -2.11. The molecule has 1 N–H and O–H groups in total. The van der Waals surface area contributed by atoms with Gasteiger partial charge in [-0.15, -0.1) is 0 Å². The monoisotopic (exact) mass is 254 g/mol. The van der Waals surface area contributed by atoms with E-state index in [9.17, 15) is 10.1 Å². The Labute approximate surface area is 106 Å². The van der Waals surface area contributed by atoms with Crippen LogP contribution in [0.1, 0.15) is 18.1 Å². The van der Waals surface area contributed by atoms with Crippen LogP contribution in [0.25, 0.3) is 0 Å². The van der Waals surface area contributed by atoms with Crippen molar-refractivity contribution in [1.82, 2.24) is 5.32 Å². The smallest absolute Gasteiger partial charge is 0.272 e. The van der Waals surface area contributed by atoms with Gasteiger partial charge in [-0.1, -0.05) is 19.1 Å². The third kappa shape index (κ3) is 4.02. The summed E-state index contributed by atoms with van der Waals surface area (Å²) in [5.74, 6) is 0. The fraction of sp³-hybridized carbons (Fsp3) is 0.500. The molecule has 0 spiro atoms. The Hall–Kier alpha value is -1.07. The predicted octanol–water partition coefficient (Wildman–Crippen LogP) is 2.74. The van der Waals surface area contributed by atoms with Gasteiger partial charge in [-0.25, -0.2) is 0 Å². The normalized spacial score (nSPS) is 12.4. The first-order chi connectivity index (χ1) is 8.06. The van der Waals surface area contributed by atoms with E-state index in [0.717, 1.165) is 17.7 Å². The van der Waals surface area contributed by atoms with Crippen LogP contribution in [-0.4, -0.2) is 23.0 Å². The van der Waals surface area contributed by atoms with Crippen LogP contribution >= 0.6 is 11.8 Å². The number of hydrogen-bond acceptors (Lipinski definition) is 4. The molecule has 1 atom stereocenters. The van der Waals surface area contributed by atoms with E-state index in [1.807, 2.05) is 6.07 Å². The largest absolute Gasteiger partial charge is 0.312 e. The summed E-state index contributed by atoms with van der Waals surface area (Å²) in [6, 6.07) is 5.21. The first kappa shape index (κ1) is 14.0. The highest BCUT2D eigenvalue weighted by atomic mass is 32.2. The second kappa shape index (κ2) is 6.61. The van der Waals surface area contributed by atoms with Crippen LogP contribution in [0.2, 0.25) is 0 Å². The van der Waals surface area contributed by atoms with Gasteiger partial charge in [-0.3, -0.25) is 10.1 Å². The van der Waals surface area contributed by atoms with Crippen molar-refractivity contribution in [2.24, 2.45) is 0 Å². The molecule has 0 saturated carbocycles. The van der Waals surface area contributed by atoms with Gasteiger partial charge < -0.3 is 5.32 Å². The summed E-state index contributed by atoms with van der Waals surface area (Å²) >= 11 is 1.80. The minimum absolute atomic E-state index is 0.196. The van der Waals surface area contributed by atoms with Gasteiger partial charge in [-0.05, 0) is 18.7 Å². The molecular weight excluding hydrogens is 236 g/mol. The van der Waals surface area contributed by atoms with Crippen molar-refractivity contribution in [1.29, 1.82) is 0 Å². The van der Waals surface area contributed by atoms with Gasteiger partial charge in [0, 0.05) is 30.0 Å². The molecule has 1 aromatic carbocycles. The average Bonchev–Trinajstić information content (AvgIpc) is 2.30. The number of rotatable bonds is 6. The summed E-state index contributed by atoms with van der Waals surface area (Å²) in [7, 11) is 0. The SMILES string of the molecule is CSC(C)CNCc1cccc([N+](=O)[O-])c1C. The lowest BCUT2D eigenvalue weighted by molar-refractivity contribution is -0.385. The summed E-state index contributed by atoms with van der Waals surface area (Å²) in [6.45, 7) is 5.53. The molecule has 1 rings (SSSR count). The Balaban J connectivity index is 2.66. The van der Waals surface area contributed by atoms with Gasteiger partial charge >= 0.3 is 0 Å². The number of nitro groups is 1. The molecule has 0 radical (unpaired) electrons. The number of nitro benzene ring substituents is 1. The van der Waals surface area contributed by atoms with Crippen LogP contribution in [-0.2, 0) is 6.54 Å². The fourth-order valence-corrected chi connectivity index (χ4v) is 1.84. The van der Waals surface area contributed by atoms with Crippen molar-refractivity contribution >= 4 is 17.4 Å². The zero-order valence-electron chi connectivity index (χ0n) is 10.4. The van der Waals surface area contributed by atoms with Crippen molar-refractivity contribution in [3.05, 3.63) is 39.4 Å². The van der Waals surface area contributed by atoms with Crippen LogP contribution in [0.5, 0.6) is 0 Å². The first-order valence-corrected chi connectivity index (χ1v) is 6.81. The van der Waals surface area contributed by atoms with Gasteiger partial charge in [0.1, 0.15) is 0 Å². The molecule has 0 aliphatic heterocycles. The van der Waals surface area contributed by atoms with Crippen LogP contribution in [0.3, 0.4) is 0 Å². The van der Waals surface area contributed by atoms with Crippen LogP contribution in [0, 0.1) is 17.0 Å². The quantitative estimate of drug-likeness (QED) is 0.626. The fourth-order valence-electron chi connectivity index (χ4n) is 1.55. The highest BCUT2D eigenvalue weighted by Crippen LogP contribution is 2.20. The number of nitrogens with one attached hydrogen (secondary N) is 1. The Morgan fingerprint density at radius 2 is 2.24 bits per heavy atom. The summed E-state index contributed by atoms with van der Waals surface area (Å²) in [4.78, 5) is 10.5. The van der Waals surface area contributed by atoms with Crippen molar-refractivity contribution < 1.29 is 4.92 Å². The third-order valence-corrected chi connectivity index (χ3v) is 3.74. The van der Waals surface area contributed by atoms with E-state index in [2.05, 4.69) is 18.5 Å². The molecular formula is C12H18N2O2S. The third-order valence-electron chi connectivity index (χ3n) is 2.76. The summed E-state index contributed by atoms with van der Waals surface area (Å²) in [6.07, 6.45) is 2.07. The molecule has 0 heterocycles. The van der Waals surface area contributed by atoms with Crippen molar-refractivity contribution in [2.45, 2.75) is 25.6 Å². The topological polar surface area (TPSA) is 55.2 Å². The van der Waals surface area contributed by atoms with Crippen LogP contribution in [0.4, 0.5) is 5.69 Å². The number of hydrogen-bond donors (Lipinski definition) is 1. The molecule has 17 heavy (non-hydrogen) atoms. The van der Waals surface area contributed by atoms with E-state index >= 15 is 0 Å². The minimum Gasteiger partial charge on any atom is -0.312 e. The number of thioether (sulfide) groups is 1. The van der Waals surface area contributed by atoms with Crippen molar-refractivity contribution in [2.75, 3.05) is 12.8 Å². The van der Waals surface area contributed by atoms with E-state index < -0.39 is 0 Å². The molecule has 5 heteroatoms. The second-order valence-electron chi connectivity index (χ2n) is 4.00. The Morgan fingerprint density at radius 1 is 1.53 bits per heavy atom. The van der Waals surface area contributed by atoms with E-state index in [4.69, 9.17) is 0 Å². The molecule has 0 aliphatic rings. The minimum atomic E-state index is -0.330. The number of nitrogens with zero attached hydrogens (tertiary/aromatic N) is 1. The Kier molecular flexibility index (Phi) is 5.44. The van der Waals surface area contributed by atoms with Gasteiger partial charge in [-0.2, -0.15) is 11.8 Å². The van der Waals surface area contributed by atoms with Gasteiger partial charge in [0.15, 0.2) is 0 Å². The lowest BCUT2D eigenvalue weighted by atomic mass is 10.1. The Bertz CT molecular complexity index is 396. The average molecular weight is 254 g/mol. The zero-order chi connectivity index (χ0) is 12.8. The second-order valence-corrected chi connectivity index (χ2v) is 5.27. The maximum absolute atomic E-state index is 10.8. The van der Waals surface area contributed by atoms with E-state index in [0.29, 0.717) is 11.8 Å². The summed E-state index contributed by atoms with van der Waals surface area (Å²) in [5, 5.41) is 14.7. The molecule has 0 fully saturated rings. The van der Waals surface area contributed by atoms with E-state index in [1.54, 1.807) is 30.8 Å². The maximum Gasteiger partial charge on any atom is 0.272 e. The summed E-state index contributed by atoms with van der Waals surface area (Å²) < 4.78 is 0. The van der Waals surface area contributed by atoms with Gasteiger partial charge in [0.05, 0.1) is 4.92 Å². The summed E-state index contributed by atoms with van der Waals surface area (Å²) in [5.41, 5.74) is 1.94. The molecule has 0 aliphatic carbocycles. The molecule has 4 nitrogen and oxygen atoms in total. The molecule has 1 unspecified atom stereocenters. The molecule has 0 saturated heterocycles. The Morgan fingerprint density at radius 3 is 2.82 bits per heavy atom. The van der Waals surface area contributed by atoms with Gasteiger partial charge in [0.2, 0.25) is 0 Å². The first-order valence-electron chi connectivity index (χ1n) is 5.52. The maximum atomic E-state index is 10.8. The lowest BCUT2D eigenvalue weighted by Crippen LogP contribution is -2.22. The highest BCUT2D eigenvalue weighted by molar-refractivity contribution is 7.99. The van der Waals surface area contributed by atoms with Crippen molar-refractivity contribution in [3.63, 3.8) is 0 Å². The van der Waals surface area contributed by atoms with Crippen molar-refractivity contribution in [3.8, 4) is 0 Å². The van der Waals surface area contributed by atoms with Crippen LogP contribution in [0.15, 0.2) is 18.2 Å². The predicted molar refractivity (Wildman–Crippen MR) is 72.5 cm³/mol. The molecule has 0 bridgehead atoms. The standard InChI is InChI=1S/C12H18N2O2S/c1-9(17-3)7-13-8-11-5-4-6-12(10(11)2)14(15)16/h4-6,9,13H,7-8H2,1-3H3. The van der Waals surface area contributed by atoms with E-state index in [-0.39, 0.29) is 10.6 Å². The molecule has 94 valence electrons. The molecule has 0 aromatic heterocycles. The molecule has 0 amide bonds. The van der Waals surface area contributed by atoms with Crippen LogP contribution < -0.4 is 5.32 Å². The number of benzene rings is 1.